The van der Waals surface area contributed by atoms with Crippen molar-refractivity contribution in [2.75, 3.05) is 11.5 Å². The molecule has 0 spiro atoms. The van der Waals surface area contributed by atoms with Gasteiger partial charge in [0.05, 0.1) is 5.75 Å². The Morgan fingerprint density at radius 2 is 1.62 bits per heavy atom. The average molecular weight is 207 g/mol. The van der Waals surface area contributed by atoms with Gasteiger partial charge in [-0.15, -0.1) is 0 Å². The minimum Gasteiger partial charge on any atom is -0.325 e. The second-order valence-corrected chi connectivity index (χ2v) is 6.03. The van der Waals surface area contributed by atoms with Crippen LogP contribution in [0.4, 0.5) is 0 Å². The smallest absolute Gasteiger partial charge is 0.150 e. The Bertz CT molecular complexity index is 230. The summed E-state index contributed by atoms with van der Waals surface area (Å²) in [5.41, 5.74) is 5.70. The van der Waals surface area contributed by atoms with Crippen molar-refractivity contribution < 1.29 is 8.42 Å². The van der Waals surface area contributed by atoms with Gasteiger partial charge in [-0.25, -0.2) is 8.42 Å². The summed E-state index contributed by atoms with van der Waals surface area (Å²) < 4.78 is 22.4. The Balaban J connectivity index is 4.15. The van der Waals surface area contributed by atoms with Gasteiger partial charge in [-0.05, 0) is 19.3 Å². The second-order valence-electron chi connectivity index (χ2n) is 3.56. The van der Waals surface area contributed by atoms with Crippen molar-refractivity contribution in [1.29, 1.82) is 0 Å². The van der Waals surface area contributed by atoms with E-state index in [-0.39, 0.29) is 17.0 Å². The largest absolute Gasteiger partial charge is 0.325 e. The molecule has 13 heavy (non-hydrogen) atoms. The van der Waals surface area contributed by atoms with Crippen molar-refractivity contribution in [2.45, 2.75) is 45.6 Å². The summed E-state index contributed by atoms with van der Waals surface area (Å²) in [5.74, 6) is 0.443. The first-order valence-electron chi connectivity index (χ1n) is 4.88. The third-order valence-corrected chi connectivity index (χ3v) is 4.46. The van der Waals surface area contributed by atoms with E-state index in [9.17, 15) is 8.42 Å². The molecule has 0 fully saturated rings. The number of hydrogen-bond donors (Lipinski definition) is 1. The van der Waals surface area contributed by atoms with Crippen LogP contribution in [-0.4, -0.2) is 25.5 Å². The molecule has 0 rings (SSSR count). The highest BCUT2D eigenvalue weighted by molar-refractivity contribution is 7.91. The first kappa shape index (κ1) is 12.9. The van der Waals surface area contributed by atoms with Gasteiger partial charge in [-0.2, -0.15) is 0 Å². The number of sulfone groups is 1. The fraction of sp³-hybridized carbons (Fsp3) is 1.00. The highest BCUT2D eigenvalue weighted by atomic mass is 32.2. The molecule has 0 aliphatic carbocycles. The summed E-state index contributed by atoms with van der Waals surface area (Å²) in [6.45, 7) is 5.68. The van der Waals surface area contributed by atoms with E-state index in [0.717, 1.165) is 12.8 Å². The van der Waals surface area contributed by atoms with Crippen LogP contribution in [0.2, 0.25) is 0 Å². The topological polar surface area (TPSA) is 60.2 Å². The van der Waals surface area contributed by atoms with Crippen LogP contribution in [-0.2, 0) is 9.84 Å². The monoisotopic (exact) mass is 207 g/mol. The summed E-state index contributed by atoms with van der Waals surface area (Å²) in [5, 5.41) is 0. The Labute approximate surface area is 81.6 Å². The van der Waals surface area contributed by atoms with Gasteiger partial charge >= 0.3 is 0 Å². The van der Waals surface area contributed by atoms with Crippen molar-refractivity contribution in [3.8, 4) is 0 Å². The summed E-state index contributed by atoms with van der Waals surface area (Å²) >= 11 is 0. The average Bonchev–Trinajstić information content (AvgIpc) is 2.14. The molecular formula is C9H21NO2S. The van der Waals surface area contributed by atoms with Crippen molar-refractivity contribution in [1.82, 2.24) is 0 Å². The van der Waals surface area contributed by atoms with Gasteiger partial charge in [0.2, 0.25) is 0 Å². The molecule has 0 aromatic carbocycles. The van der Waals surface area contributed by atoms with Crippen molar-refractivity contribution in [3.05, 3.63) is 0 Å². The van der Waals surface area contributed by atoms with Crippen LogP contribution in [0, 0.1) is 0 Å². The van der Waals surface area contributed by atoms with Crippen LogP contribution >= 0.6 is 0 Å². The zero-order chi connectivity index (χ0) is 10.5. The van der Waals surface area contributed by atoms with E-state index in [4.69, 9.17) is 5.73 Å². The summed E-state index contributed by atoms with van der Waals surface area (Å²) in [7, 11) is -2.85. The predicted molar refractivity (Wildman–Crippen MR) is 56.4 cm³/mol. The molecule has 0 radical (unpaired) electrons. The molecule has 0 saturated heterocycles. The lowest BCUT2D eigenvalue weighted by Gasteiger charge is -2.26. The molecule has 0 bridgehead atoms. The van der Waals surface area contributed by atoms with Crippen molar-refractivity contribution in [3.63, 3.8) is 0 Å². The lowest BCUT2D eigenvalue weighted by atomic mass is 9.91. The zero-order valence-corrected chi connectivity index (χ0v) is 9.65. The maximum atomic E-state index is 11.2. The molecule has 0 aromatic heterocycles. The van der Waals surface area contributed by atoms with Gasteiger partial charge in [0, 0.05) is 11.3 Å². The number of nitrogens with two attached hydrogens (primary N) is 1. The maximum Gasteiger partial charge on any atom is 0.150 e. The fourth-order valence-electron chi connectivity index (χ4n) is 1.11. The third-order valence-electron chi connectivity index (χ3n) is 2.76. The maximum absolute atomic E-state index is 11.2. The molecular weight excluding hydrogens is 186 g/mol. The van der Waals surface area contributed by atoms with Crippen LogP contribution < -0.4 is 5.73 Å². The molecule has 0 saturated carbocycles. The van der Waals surface area contributed by atoms with Crippen LogP contribution in [0.25, 0.3) is 0 Å². The highest BCUT2D eigenvalue weighted by Gasteiger charge is 2.22. The lowest BCUT2D eigenvalue weighted by Crippen LogP contribution is -2.40. The first-order valence-corrected chi connectivity index (χ1v) is 6.70. The van der Waals surface area contributed by atoms with E-state index in [1.165, 1.54) is 0 Å². The van der Waals surface area contributed by atoms with Crippen molar-refractivity contribution in [2.24, 2.45) is 5.73 Å². The van der Waals surface area contributed by atoms with Crippen LogP contribution in [0.3, 0.4) is 0 Å². The third kappa shape index (κ3) is 4.62. The molecule has 2 N–H and O–H groups in total. The molecule has 0 amide bonds. The number of rotatable bonds is 6. The Morgan fingerprint density at radius 3 is 1.92 bits per heavy atom. The highest BCUT2D eigenvalue weighted by Crippen LogP contribution is 2.16. The molecule has 0 aliphatic heterocycles. The van der Waals surface area contributed by atoms with Gasteiger partial charge in [-0.1, -0.05) is 20.8 Å². The standard InChI is InChI=1S/C9H21NO2S/c1-4-9(10,5-2)7-8-13(11,12)6-3/h4-8,10H2,1-3H3. The van der Waals surface area contributed by atoms with E-state index in [1.807, 2.05) is 13.8 Å². The van der Waals surface area contributed by atoms with Gasteiger partial charge in [0.1, 0.15) is 9.84 Å². The molecule has 0 aliphatic rings. The molecule has 3 nitrogen and oxygen atoms in total. The molecule has 4 heteroatoms. The SMILES string of the molecule is CCC(N)(CC)CCS(=O)(=O)CC. The lowest BCUT2D eigenvalue weighted by molar-refractivity contribution is 0.382. The molecule has 0 atom stereocenters. The molecule has 0 unspecified atom stereocenters. The molecule has 80 valence electrons. The van der Waals surface area contributed by atoms with Gasteiger partial charge < -0.3 is 5.73 Å². The molecule has 0 aromatic rings. The second kappa shape index (κ2) is 4.96. The Kier molecular flexibility index (Phi) is 4.92. The van der Waals surface area contributed by atoms with Gasteiger partial charge in [-0.3, -0.25) is 0 Å². The summed E-state index contributed by atoms with van der Waals surface area (Å²) in [4.78, 5) is 0. The quantitative estimate of drug-likeness (QED) is 0.714. The Hall–Kier alpha value is -0.0900. The van der Waals surface area contributed by atoms with E-state index in [2.05, 4.69) is 0 Å². The van der Waals surface area contributed by atoms with E-state index in [1.54, 1.807) is 6.92 Å². The first-order chi connectivity index (χ1) is 5.89. The fourth-order valence-corrected chi connectivity index (χ4v) is 2.11. The van der Waals surface area contributed by atoms with Crippen LogP contribution in [0.15, 0.2) is 0 Å². The zero-order valence-electron chi connectivity index (χ0n) is 8.84. The molecule has 0 heterocycles. The van der Waals surface area contributed by atoms with Gasteiger partial charge in [0.15, 0.2) is 0 Å². The van der Waals surface area contributed by atoms with E-state index >= 15 is 0 Å². The summed E-state index contributed by atoms with van der Waals surface area (Å²) in [6, 6.07) is 0. The minimum atomic E-state index is -2.85. The number of hydrogen-bond acceptors (Lipinski definition) is 3. The Morgan fingerprint density at radius 1 is 1.15 bits per heavy atom. The van der Waals surface area contributed by atoms with Crippen LogP contribution in [0.5, 0.6) is 0 Å². The van der Waals surface area contributed by atoms with Gasteiger partial charge in [0.25, 0.3) is 0 Å². The van der Waals surface area contributed by atoms with E-state index < -0.39 is 9.84 Å². The van der Waals surface area contributed by atoms with E-state index in [0.29, 0.717) is 6.42 Å². The predicted octanol–water partition coefficient (Wildman–Crippen LogP) is 1.33. The summed E-state index contributed by atoms with van der Waals surface area (Å²) in [6.07, 6.45) is 2.25. The van der Waals surface area contributed by atoms with Crippen LogP contribution in [0.1, 0.15) is 40.0 Å². The minimum absolute atomic E-state index is 0.219. The van der Waals surface area contributed by atoms with Crippen molar-refractivity contribution >= 4 is 9.84 Å². The normalized spacial score (nSPS) is 13.2.